The topological polar surface area (TPSA) is 60.5 Å². The third-order valence-electron chi connectivity index (χ3n) is 3.15. The van der Waals surface area contributed by atoms with Crippen molar-refractivity contribution >= 4 is 11.4 Å². The summed E-state index contributed by atoms with van der Waals surface area (Å²) in [7, 11) is 3.98. The predicted octanol–water partition coefficient (Wildman–Crippen LogP) is 1.97. The van der Waals surface area contributed by atoms with Crippen molar-refractivity contribution in [2.45, 2.75) is 13.0 Å². The molecule has 0 unspecified atom stereocenters. The lowest BCUT2D eigenvalue weighted by molar-refractivity contribution is 0.301. The fourth-order valence-electron chi connectivity index (χ4n) is 2.00. The van der Waals surface area contributed by atoms with Gasteiger partial charge in [0.1, 0.15) is 5.75 Å². The highest BCUT2D eigenvalue weighted by molar-refractivity contribution is 5.49. The lowest BCUT2D eigenvalue weighted by Gasteiger charge is -2.14. The Morgan fingerprint density at radius 3 is 2.81 bits per heavy atom. The Kier molecular flexibility index (Phi) is 4.87. The van der Waals surface area contributed by atoms with E-state index >= 15 is 0 Å². The SMILES string of the molecule is CN(C)c1cccc(OCCCn2cc(N)ccc2=O)c1. The van der Waals surface area contributed by atoms with Crippen LogP contribution in [0.25, 0.3) is 0 Å². The van der Waals surface area contributed by atoms with Crippen LogP contribution in [0.4, 0.5) is 11.4 Å². The summed E-state index contributed by atoms with van der Waals surface area (Å²) in [5.41, 5.74) is 7.32. The van der Waals surface area contributed by atoms with Crippen molar-refractivity contribution in [2.75, 3.05) is 31.3 Å². The van der Waals surface area contributed by atoms with Crippen LogP contribution < -0.4 is 20.9 Å². The van der Waals surface area contributed by atoms with E-state index in [0.29, 0.717) is 18.8 Å². The quantitative estimate of drug-likeness (QED) is 0.825. The number of hydrogen-bond donors (Lipinski definition) is 1. The second kappa shape index (κ2) is 6.83. The Morgan fingerprint density at radius 2 is 2.05 bits per heavy atom. The fourth-order valence-corrected chi connectivity index (χ4v) is 2.00. The summed E-state index contributed by atoms with van der Waals surface area (Å²) in [4.78, 5) is 13.6. The molecule has 0 spiro atoms. The summed E-state index contributed by atoms with van der Waals surface area (Å²) >= 11 is 0. The van der Waals surface area contributed by atoms with Crippen LogP contribution >= 0.6 is 0 Å². The first-order valence-corrected chi connectivity index (χ1v) is 6.92. The summed E-state index contributed by atoms with van der Waals surface area (Å²) in [5.74, 6) is 0.834. The number of hydrogen-bond acceptors (Lipinski definition) is 4. The molecule has 0 saturated heterocycles. The third-order valence-corrected chi connectivity index (χ3v) is 3.15. The Hall–Kier alpha value is -2.43. The molecule has 1 heterocycles. The summed E-state index contributed by atoms with van der Waals surface area (Å²) in [5, 5.41) is 0. The molecule has 1 aromatic heterocycles. The van der Waals surface area contributed by atoms with E-state index in [2.05, 4.69) is 0 Å². The standard InChI is InChI=1S/C16H21N3O2/c1-18(2)14-5-3-6-15(11-14)21-10-4-9-19-12-13(17)7-8-16(19)20/h3,5-8,11-12H,4,9-10,17H2,1-2H3. The smallest absolute Gasteiger partial charge is 0.250 e. The molecule has 0 atom stereocenters. The molecule has 5 nitrogen and oxygen atoms in total. The number of aromatic nitrogens is 1. The summed E-state index contributed by atoms with van der Waals surface area (Å²) in [6, 6.07) is 11.0. The Labute approximate surface area is 124 Å². The first-order chi connectivity index (χ1) is 10.1. The number of nitrogens with zero attached hydrogens (tertiary/aromatic N) is 2. The van der Waals surface area contributed by atoms with Gasteiger partial charge in [-0.15, -0.1) is 0 Å². The molecule has 0 fully saturated rings. The van der Waals surface area contributed by atoms with Gasteiger partial charge in [0.25, 0.3) is 5.56 Å². The van der Waals surface area contributed by atoms with Crippen molar-refractivity contribution in [3.8, 4) is 5.75 Å². The number of rotatable bonds is 6. The normalized spacial score (nSPS) is 10.4. The van der Waals surface area contributed by atoms with Gasteiger partial charge in [0, 0.05) is 50.3 Å². The molecule has 0 saturated carbocycles. The minimum absolute atomic E-state index is 0.0428. The van der Waals surface area contributed by atoms with Crippen molar-refractivity contribution in [1.29, 1.82) is 0 Å². The van der Waals surface area contributed by atoms with Crippen LogP contribution in [0.1, 0.15) is 6.42 Å². The number of aryl methyl sites for hydroxylation is 1. The zero-order valence-corrected chi connectivity index (χ0v) is 12.5. The summed E-state index contributed by atoms with van der Waals surface area (Å²) in [6.45, 7) is 1.15. The van der Waals surface area contributed by atoms with E-state index in [9.17, 15) is 4.79 Å². The maximum Gasteiger partial charge on any atom is 0.250 e. The van der Waals surface area contributed by atoms with Crippen molar-refractivity contribution < 1.29 is 4.74 Å². The molecule has 2 rings (SSSR count). The molecule has 0 aliphatic carbocycles. The second-order valence-corrected chi connectivity index (χ2v) is 5.09. The molecule has 0 aliphatic heterocycles. The zero-order chi connectivity index (χ0) is 15.2. The Morgan fingerprint density at radius 1 is 1.24 bits per heavy atom. The van der Waals surface area contributed by atoms with Gasteiger partial charge in [0.15, 0.2) is 0 Å². The van der Waals surface area contributed by atoms with Crippen LogP contribution in [0.3, 0.4) is 0 Å². The maximum atomic E-state index is 11.6. The lowest BCUT2D eigenvalue weighted by Crippen LogP contribution is -2.20. The molecule has 2 aromatic rings. The minimum Gasteiger partial charge on any atom is -0.493 e. The van der Waals surface area contributed by atoms with Crippen molar-refractivity contribution in [3.05, 3.63) is 52.9 Å². The average Bonchev–Trinajstić information content (AvgIpc) is 2.47. The zero-order valence-electron chi connectivity index (χ0n) is 12.5. The van der Waals surface area contributed by atoms with Gasteiger partial charge < -0.3 is 19.9 Å². The van der Waals surface area contributed by atoms with Crippen LogP contribution in [-0.2, 0) is 6.54 Å². The van der Waals surface area contributed by atoms with E-state index in [1.165, 1.54) is 6.07 Å². The largest absolute Gasteiger partial charge is 0.493 e. The van der Waals surface area contributed by atoms with E-state index in [0.717, 1.165) is 17.9 Å². The van der Waals surface area contributed by atoms with Gasteiger partial charge in [-0.05, 0) is 24.6 Å². The summed E-state index contributed by atoms with van der Waals surface area (Å²) < 4.78 is 7.32. The maximum absolute atomic E-state index is 11.6. The molecule has 1 aromatic carbocycles. The van der Waals surface area contributed by atoms with Gasteiger partial charge in [-0.2, -0.15) is 0 Å². The number of pyridine rings is 1. The monoisotopic (exact) mass is 287 g/mol. The van der Waals surface area contributed by atoms with Gasteiger partial charge >= 0.3 is 0 Å². The van der Waals surface area contributed by atoms with Gasteiger partial charge in [-0.1, -0.05) is 6.07 Å². The van der Waals surface area contributed by atoms with Crippen LogP contribution in [0, 0.1) is 0 Å². The third kappa shape index (κ3) is 4.27. The molecular weight excluding hydrogens is 266 g/mol. The summed E-state index contributed by atoms with van der Waals surface area (Å²) in [6.07, 6.45) is 2.41. The Bertz CT molecular complexity index is 650. The fraction of sp³-hybridized carbons (Fsp3) is 0.312. The van der Waals surface area contributed by atoms with Crippen molar-refractivity contribution in [2.24, 2.45) is 0 Å². The predicted molar refractivity (Wildman–Crippen MR) is 86.0 cm³/mol. The molecule has 0 bridgehead atoms. The number of ether oxygens (including phenoxy) is 1. The van der Waals surface area contributed by atoms with E-state index in [-0.39, 0.29) is 5.56 Å². The van der Waals surface area contributed by atoms with E-state index in [4.69, 9.17) is 10.5 Å². The van der Waals surface area contributed by atoms with Gasteiger partial charge in [-0.25, -0.2) is 0 Å². The molecule has 0 amide bonds. The molecule has 0 radical (unpaired) electrons. The molecule has 2 N–H and O–H groups in total. The Balaban J connectivity index is 1.86. The highest BCUT2D eigenvalue weighted by Crippen LogP contribution is 2.19. The van der Waals surface area contributed by atoms with Crippen LogP contribution in [-0.4, -0.2) is 25.3 Å². The van der Waals surface area contributed by atoms with Crippen molar-refractivity contribution in [3.63, 3.8) is 0 Å². The first kappa shape index (κ1) is 15.0. The van der Waals surface area contributed by atoms with E-state index in [1.54, 1.807) is 16.8 Å². The number of nitrogens with two attached hydrogens (primary N) is 1. The molecule has 0 aliphatic rings. The second-order valence-electron chi connectivity index (χ2n) is 5.09. The van der Waals surface area contributed by atoms with Crippen LogP contribution in [0.2, 0.25) is 0 Å². The average molecular weight is 287 g/mol. The molecule has 21 heavy (non-hydrogen) atoms. The van der Waals surface area contributed by atoms with Gasteiger partial charge in [0.2, 0.25) is 0 Å². The number of benzene rings is 1. The highest BCUT2D eigenvalue weighted by atomic mass is 16.5. The molecule has 112 valence electrons. The number of nitrogen functional groups attached to an aromatic ring is 1. The van der Waals surface area contributed by atoms with Gasteiger partial charge in [-0.3, -0.25) is 4.79 Å². The molecule has 5 heteroatoms. The van der Waals surface area contributed by atoms with Crippen molar-refractivity contribution in [1.82, 2.24) is 4.57 Å². The van der Waals surface area contributed by atoms with Crippen LogP contribution in [0.5, 0.6) is 5.75 Å². The first-order valence-electron chi connectivity index (χ1n) is 6.92. The lowest BCUT2D eigenvalue weighted by atomic mass is 10.3. The highest BCUT2D eigenvalue weighted by Gasteiger charge is 2.00. The van der Waals surface area contributed by atoms with E-state index < -0.39 is 0 Å². The number of anilines is 2. The van der Waals surface area contributed by atoms with Crippen LogP contribution in [0.15, 0.2) is 47.4 Å². The van der Waals surface area contributed by atoms with Gasteiger partial charge in [0.05, 0.1) is 6.61 Å². The van der Waals surface area contributed by atoms with E-state index in [1.807, 2.05) is 43.3 Å². The molecular formula is C16H21N3O2. The minimum atomic E-state index is -0.0428.